The number of ether oxygens (including phenoxy) is 4. The monoisotopic (exact) mass is 1130 g/mol. The van der Waals surface area contributed by atoms with E-state index in [9.17, 15) is 68.6 Å². The number of phosphoric acid groups is 2. The third kappa shape index (κ3) is 31.3. The predicted molar refractivity (Wildman–Crippen MR) is 283 cm³/mol. The Bertz CT molecular complexity index is 1640. The zero-order chi connectivity index (χ0) is 56.4. The van der Waals surface area contributed by atoms with Crippen LogP contribution in [0.5, 0.6) is 0 Å². The maximum absolute atomic E-state index is 13.9. The number of unbranched alkanes of at least 4 members (excludes halogenated alkanes) is 24. The maximum Gasteiger partial charge on any atom is 0.472 e. The van der Waals surface area contributed by atoms with Crippen molar-refractivity contribution < 1.29 is 96.6 Å². The third-order valence-electron chi connectivity index (χ3n) is 14.0. The first-order valence-corrected chi connectivity index (χ1v) is 31.8. The van der Waals surface area contributed by atoms with Crippen LogP contribution in [0.1, 0.15) is 226 Å². The van der Waals surface area contributed by atoms with Gasteiger partial charge in [0, 0.05) is 6.42 Å². The molecule has 0 radical (unpaired) electrons. The summed E-state index contributed by atoms with van der Waals surface area (Å²) in [4.78, 5) is 79.0. The molecular formula is C52H100N2O20P2. The summed E-state index contributed by atoms with van der Waals surface area (Å²) in [5.74, 6) is -2.11. The van der Waals surface area contributed by atoms with Crippen LogP contribution in [0.15, 0.2) is 0 Å². The van der Waals surface area contributed by atoms with Crippen molar-refractivity contribution in [2.45, 2.75) is 300 Å². The largest absolute Gasteiger partial charge is 0.472 e. The molecule has 0 aromatic rings. The molecule has 12 atom stereocenters. The second-order valence-corrected chi connectivity index (χ2v) is 23.3. The Labute approximate surface area is 452 Å². The number of nitrogens with one attached hydrogen (secondary N) is 2. The van der Waals surface area contributed by atoms with Crippen molar-refractivity contribution >= 4 is 33.4 Å². The van der Waals surface area contributed by atoms with Crippen LogP contribution in [-0.2, 0) is 51.5 Å². The molecule has 2 aliphatic heterocycles. The van der Waals surface area contributed by atoms with Gasteiger partial charge < -0.3 is 74.7 Å². The molecule has 0 bridgehead atoms. The molecule has 0 aliphatic carbocycles. The van der Waals surface area contributed by atoms with Crippen LogP contribution in [0.2, 0.25) is 0 Å². The van der Waals surface area contributed by atoms with Crippen molar-refractivity contribution in [2.75, 3.05) is 13.2 Å². The van der Waals surface area contributed by atoms with Gasteiger partial charge in [-0.1, -0.05) is 181 Å². The molecule has 24 heteroatoms. The number of carbonyl (C=O) groups excluding carboxylic acids is 3. The molecule has 2 rings (SSSR count). The molecule has 11 N–H and O–H groups in total. The van der Waals surface area contributed by atoms with Crippen LogP contribution >= 0.6 is 15.6 Å². The van der Waals surface area contributed by atoms with Gasteiger partial charge in [0.2, 0.25) is 11.8 Å². The van der Waals surface area contributed by atoms with Crippen LogP contribution in [0.25, 0.3) is 0 Å². The highest BCUT2D eigenvalue weighted by atomic mass is 31.2. The Morgan fingerprint density at radius 2 is 0.947 bits per heavy atom. The Morgan fingerprint density at radius 3 is 1.42 bits per heavy atom. The molecule has 2 heterocycles. The van der Waals surface area contributed by atoms with E-state index in [2.05, 4.69) is 31.4 Å². The van der Waals surface area contributed by atoms with E-state index in [4.69, 9.17) is 28.0 Å². The molecule has 76 heavy (non-hydrogen) atoms. The SMILES string of the molecule is CCCCCCCCCCCC(=O)OC(CCCCCCCCCCC)CC(=O)N[C@H]1[C@H](OC[C@H]2O[C@H](OP(=O)(O)O)[C@H](NC(=O)CC(O)CCCCCCCCCCC)[C@@H](O)[C@@H]2O)O[C@H](CO)[C@@H](OP(=O)(O)O)[C@@H]1O. The van der Waals surface area contributed by atoms with Crippen molar-refractivity contribution in [2.24, 2.45) is 0 Å². The average molecular weight is 1140 g/mol. The van der Waals surface area contributed by atoms with Crippen LogP contribution in [0, 0.1) is 0 Å². The Hall–Kier alpha value is -1.69. The molecule has 448 valence electrons. The number of rotatable bonds is 45. The molecule has 22 nitrogen and oxygen atoms in total. The second-order valence-electron chi connectivity index (χ2n) is 20.9. The van der Waals surface area contributed by atoms with E-state index in [0.29, 0.717) is 32.1 Å². The van der Waals surface area contributed by atoms with E-state index in [-0.39, 0.29) is 6.42 Å². The summed E-state index contributed by atoms with van der Waals surface area (Å²) in [6.07, 6.45) is 10.8. The second kappa shape index (κ2) is 40.5. The Balaban J connectivity index is 2.20. The molecule has 2 aliphatic rings. The molecule has 0 aromatic carbocycles. The first-order chi connectivity index (χ1) is 36.2. The van der Waals surface area contributed by atoms with E-state index in [0.717, 1.165) is 89.9 Å². The maximum atomic E-state index is 13.9. The van der Waals surface area contributed by atoms with Crippen molar-refractivity contribution in [3.05, 3.63) is 0 Å². The number of aliphatic hydroxyl groups is 5. The highest BCUT2D eigenvalue weighted by Gasteiger charge is 2.52. The summed E-state index contributed by atoms with van der Waals surface area (Å²) >= 11 is 0. The third-order valence-corrected chi connectivity index (χ3v) is 15.0. The van der Waals surface area contributed by atoms with Crippen molar-refractivity contribution in [1.82, 2.24) is 10.6 Å². The molecule has 2 fully saturated rings. The van der Waals surface area contributed by atoms with E-state index >= 15 is 0 Å². The first kappa shape index (κ1) is 70.4. The number of carbonyl (C=O) groups is 3. The number of aliphatic hydroxyl groups excluding tert-OH is 5. The lowest BCUT2D eigenvalue weighted by Gasteiger charge is -2.45. The van der Waals surface area contributed by atoms with Crippen molar-refractivity contribution in [1.29, 1.82) is 0 Å². The molecule has 2 saturated heterocycles. The predicted octanol–water partition coefficient (Wildman–Crippen LogP) is 6.90. The summed E-state index contributed by atoms with van der Waals surface area (Å²) in [5.41, 5.74) is 0. The van der Waals surface area contributed by atoms with Gasteiger partial charge in [0.15, 0.2) is 12.6 Å². The summed E-state index contributed by atoms with van der Waals surface area (Å²) < 4.78 is 56.9. The normalized spacial score (nSPS) is 25.0. The smallest absolute Gasteiger partial charge is 0.462 e. The number of hydrogen-bond acceptors (Lipinski definition) is 16. The van der Waals surface area contributed by atoms with E-state index in [1.165, 1.54) is 64.2 Å². The van der Waals surface area contributed by atoms with Crippen LogP contribution < -0.4 is 10.6 Å². The first-order valence-electron chi connectivity index (χ1n) is 28.7. The molecule has 2 amide bonds. The topological polar surface area (TPSA) is 347 Å². The van der Waals surface area contributed by atoms with Gasteiger partial charge in [0.05, 0.1) is 32.2 Å². The van der Waals surface area contributed by atoms with Gasteiger partial charge in [-0.3, -0.25) is 23.4 Å². The minimum atomic E-state index is -5.42. The van der Waals surface area contributed by atoms with Gasteiger partial charge in [0.25, 0.3) is 0 Å². The minimum absolute atomic E-state index is 0.153. The Morgan fingerprint density at radius 1 is 0.526 bits per heavy atom. The fourth-order valence-electron chi connectivity index (χ4n) is 9.70. The zero-order valence-electron chi connectivity index (χ0n) is 45.9. The summed E-state index contributed by atoms with van der Waals surface area (Å²) in [6.45, 7) is 4.65. The lowest BCUT2D eigenvalue weighted by Crippen LogP contribution is -2.67. The van der Waals surface area contributed by atoms with Crippen molar-refractivity contribution in [3.63, 3.8) is 0 Å². The van der Waals surface area contributed by atoms with Crippen LogP contribution in [0.3, 0.4) is 0 Å². The van der Waals surface area contributed by atoms with Gasteiger partial charge in [-0.15, -0.1) is 0 Å². The van der Waals surface area contributed by atoms with E-state index in [1.807, 2.05) is 0 Å². The quantitative estimate of drug-likeness (QED) is 0.0168. The number of phosphoric ester groups is 2. The Kier molecular flexibility index (Phi) is 37.5. The summed E-state index contributed by atoms with van der Waals surface area (Å²) in [6, 6.07) is -3.52. The van der Waals surface area contributed by atoms with E-state index < -0.39 is 133 Å². The van der Waals surface area contributed by atoms with Crippen molar-refractivity contribution in [3.8, 4) is 0 Å². The number of esters is 1. The molecule has 0 saturated carbocycles. The summed E-state index contributed by atoms with van der Waals surface area (Å²) in [5, 5.41) is 59.7. The van der Waals surface area contributed by atoms with E-state index in [1.54, 1.807) is 0 Å². The fourth-order valence-corrected chi connectivity index (χ4v) is 10.7. The lowest BCUT2D eigenvalue weighted by molar-refractivity contribution is -0.294. The minimum Gasteiger partial charge on any atom is -0.462 e. The standard InChI is InChI=1S/C52H100N2O20P2/c1-4-7-10-13-16-19-22-25-28-31-38(56)34-42(57)53-45-48(61)47(60)41(72-52(45)74-76(66,67)68)37-69-51-46(49(62)50(40(36-55)71-51)73-75(63,64)65)54-43(58)35-39(32-29-26-23-20-17-14-11-8-5-2)70-44(59)33-30-27-24-21-18-15-12-9-6-3/h38-41,45-52,55-56,60-62H,4-37H2,1-3H3,(H,53,57)(H,54,58)(H2,63,64,65)(H2,66,67,68)/t38?,39?,40-,41-,45-,46-,47-,48-,49-,50-,51-,52-/m1/s1. The van der Waals surface area contributed by atoms with Crippen LogP contribution in [-0.4, -0.2) is 150 Å². The molecule has 0 aromatic heterocycles. The van der Waals surface area contributed by atoms with Gasteiger partial charge in [-0.2, -0.15) is 0 Å². The van der Waals surface area contributed by atoms with Gasteiger partial charge in [-0.25, -0.2) is 9.13 Å². The van der Waals surface area contributed by atoms with Gasteiger partial charge in [0.1, 0.15) is 54.8 Å². The fraction of sp³-hybridized carbons (Fsp3) is 0.942. The van der Waals surface area contributed by atoms with Crippen LogP contribution in [0.4, 0.5) is 0 Å². The summed E-state index contributed by atoms with van der Waals surface area (Å²) in [7, 11) is -10.8. The average Bonchev–Trinajstić information content (AvgIpc) is 3.35. The highest BCUT2D eigenvalue weighted by Crippen LogP contribution is 2.43. The zero-order valence-corrected chi connectivity index (χ0v) is 47.7. The molecule has 2 unspecified atom stereocenters. The number of hydrogen-bond donors (Lipinski definition) is 11. The van der Waals surface area contributed by atoms with Gasteiger partial charge in [-0.05, 0) is 25.7 Å². The molecule has 0 spiro atoms. The number of amides is 2. The molecular weight excluding hydrogens is 1030 g/mol. The van der Waals surface area contributed by atoms with Gasteiger partial charge >= 0.3 is 21.6 Å². The highest BCUT2D eigenvalue weighted by molar-refractivity contribution is 7.46. The lowest BCUT2D eigenvalue weighted by atomic mass is 9.95.